The van der Waals surface area contributed by atoms with Gasteiger partial charge in [0.05, 0.1) is 19.8 Å². The van der Waals surface area contributed by atoms with Crippen LogP contribution in [0.15, 0.2) is 51.4 Å². The van der Waals surface area contributed by atoms with Crippen molar-refractivity contribution >= 4 is 15.9 Å². The molecule has 1 aromatic heterocycles. The number of piperidine rings is 1. The number of nitrogens with zero attached hydrogens (tertiary/aromatic N) is 3. The van der Waals surface area contributed by atoms with Crippen LogP contribution < -0.4 is 9.47 Å². The van der Waals surface area contributed by atoms with Crippen molar-refractivity contribution in [3.8, 4) is 23.0 Å². The molecule has 5 rings (SSSR count). The predicted octanol–water partition coefficient (Wildman–Crippen LogP) is 4.36. The lowest BCUT2D eigenvalue weighted by Gasteiger charge is -2.45. The van der Waals surface area contributed by atoms with E-state index in [9.17, 15) is 5.11 Å². The van der Waals surface area contributed by atoms with Gasteiger partial charge < -0.3 is 19.0 Å². The van der Waals surface area contributed by atoms with Crippen LogP contribution in [0.3, 0.4) is 0 Å². The van der Waals surface area contributed by atoms with E-state index < -0.39 is 6.10 Å². The summed E-state index contributed by atoms with van der Waals surface area (Å²) in [7, 11) is 1.64. The zero-order valence-corrected chi connectivity index (χ0v) is 18.8. The number of rotatable bonds is 4. The largest absolute Gasteiger partial charge is 0.497 e. The van der Waals surface area contributed by atoms with E-state index in [0.29, 0.717) is 24.7 Å². The molecule has 1 fully saturated rings. The number of hydrogen-bond acceptors (Lipinski definition) is 7. The average molecular weight is 486 g/mol. The predicted molar refractivity (Wildman–Crippen MR) is 118 cm³/mol. The molecule has 2 aliphatic rings. The molecule has 162 valence electrons. The summed E-state index contributed by atoms with van der Waals surface area (Å²) in [4.78, 5) is 2.29. The first-order chi connectivity index (χ1) is 15.0. The van der Waals surface area contributed by atoms with Gasteiger partial charge in [0, 0.05) is 35.1 Å². The number of aliphatic hydroxyl groups is 1. The SMILES string of the molecule is COc1ccc(-c2nnc(CN3CCC4(CC3)CC(O)c3ccc(Br)cc3O4)o2)cc1. The standard InChI is InChI=1S/C23H24BrN3O4/c1-29-17-5-2-15(3-6-17)22-26-25-21(30-22)14-27-10-8-23(9-11-27)13-19(28)18-7-4-16(24)12-20(18)31-23/h2-7,12,19,28H,8-11,13-14H2,1H3. The molecule has 1 atom stereocenters. The third-order valence-electron chi connectivity index (χ3n) is 6.16. The summed E-state index contributed by atoms with van der Waals surface area (Å²) in [5.41, 5.74) is 1.41. The number of halogens is 1. The van der Waals surface area contributed by atoms with Gasteiger partial charge in [-0.3, -0.25) is 4.90 Å². The maximum absolute atomic E-state index is 10.7. The highest BCUT2D eigenvalue weighted by Gasteiger charge is 2.43. The van der Waals surface area contributed by atoms with Crippen LogP contribution >= 0.6 is 15.9 Å². The second-order valence-corrected chi connectivity index (χ2v) is 9.11. The Bertz CT molecular complexity index is 1060. The zero-order chi connectivity index (χ0) is 21.4. The molecule has 1 unspecified atom stereocenters. The van der Waals surface area contributed by atoms with Crippen LogP contribution in [0.5, 0.6) is 11.5 Å². The van der Waals surface area contributed by atoms with E-state index in [2.05, 4.69) is 31.0 Å². The topological polar surface area (TPSA) is 80.9 Å². The Morgan fingerprint density at radius 2 is 1.94 bits per heavy atom. The minimum atomic E-state index is -0.494. The first kappa shape index (κ1) is 20.5. The Hall–Kier alpha value is -2.42. The second-order valence-electron chi connectivity index (χ2n) is 8.19. The molecule has 7 nitrogen and oxygen atoms in total. The van der Waals surface area contributed by atoms with Crippen molar-refractivity contribution in [2.75, 3.05) is 20.2 Å². The lowest BCUT2D eigenvalue weighted by Crippen LogP contribution is -2.50. The van der Waals surface area contributed by atoms with E-state index in [4.69, 9.17) is 13.9 Å². The summed E-state index contributed by atoms with van der Waals surface area (Å²) in [5.74, 6) is 2.67. The van der Waals surface area contributed by atoms with Gasteiger partial charge in [0.2, 0.25) is 11.8 Å². The van der Waals surface area contributed by atoms with Crippen molar-refractivity contribution in [3.05, 3.63) is 58.4 Å². The van der Waals surface area contributed by atoms with Gasteiger partial charge in [-0.05, 0) is 49.2 Å². The van der Waals surface area contributed by atoms with Gasteiger partial charge >= 0.3 is 0 Å². The molecular weight excluding hydrogens is 462 g/mol. The van der Waals surface area contributed by atoms with Gasteiger partial charge in [-0.2, -0.15) is 0 Å². The quantitative estimate of drug-likeness (QED) is 0.587. The van der Waals surface area contributed by atoms with Crippen LogP contribution in [-0.2, 0) is 6.54 Å². The third-order valence-corrected chi connectivity index (χ3v) is 6.65. The first-order valence-electron chi connectivity index (χ1n) is 10.4. The molecule has 31 heavy (non-hydrogen) atoms. The maximum atomic E-state index is 10.7. The van der Waals surface area contributed by atoms with Crippen LogP contribution in [0, 0.1) is 0 Å². The Morgan fingerprint density at radius 3 is 2.68 bits per heavy atom. The molecular formula is C23H24BrN3O4. The molecule has 0 radical (unpaired) electrons. The molecule has 0 amide bonds. The molecule has 0 aliphatic carbocycles. The van der Waals surface area contributed by atoms with Crippen LogP contribution in [0.4, 0.5) is 0 Å². The zero-order valence-electron chi connectivity index (χ0n) is 17.3. The number of aromatic nitrogens is 2. The highest BCUT2D eigenvalue weighted by atomic mass is 79.9. The molecule has 2 aliphatic heterocycles. The van der Waals surface area contributed by atoms with Gasteiger partial charge in [-0.1, -0.05) is 22.0 Å². The Labute approximate surface area is 189 Å². The van der Waals surface area contributed by atoms with Crippen molar-refractivity contribution < 1.29 is 19.0 Å². The minimum absolute atomic E-state index is 0.327. The summed E-state index contributed by atoms with van der Waals surface area (Å²) in [6.45, 7) is 2.29. The Balaban J connectivity index is 1.22. The Morgan fingerprint density at radius 1 is 1.16 bits per heavy atom. The monoisotopic (exact) mass is 485 g/mol. The molecule has 1 N–H and O–H groups in total. The molecule has 0 bridgehead atoms. The summed E-state index contributed by atoms with van der Waals surface area (Å²) in [6, 6.07) is 13.4. The van der Waals surface area contributed by atoms with E-state index in [1.807, 2.05) is 42.5 Å². The summed E-state index contributed by atoms with van der Waals surface area (Å²) in [5, 5.41) is 19.1. The molecule has 8 heteroatoms. The lowest BCUT2D eigenvalue weighted by molar-refractivity contribution is -0.0560. The second kappa shape index (κ2) is 8.26. The average Bonchev–Trinajstić information content (AvgIpc) is 3.24. The Kier molecular flexibility index (Phi) is 5.45. The van der Waals surface area contributed by atoms with Crippen LogP contribution in [0.25, 0.3) is 11.5 Å². The molecule has 0 saturated carbocycles. The van der Waals surface area contributed by atoms with E-state index in [-0.39, 0.29) is 5.60 Å². The van der Waals surface area contributed by atoms with Crippen LogP contribution in [0.2, 0.25) is 0 Å². The third kappa shape index (κ3) is 4.20. The summed E-state index contributed by atoms with van der Waals surface area (Å²) < 4.78 is 18.4. The maximum Gasteiger partial charge on any atom is 0.247 e. The van der Waals surface area contributed by atoms with Gasteiger partial charge in [0.15, 0.2) is 0 Å². The molecule has 1 saturated heterocycles. The minimum Gasteiger partial charge on any atom is -0.497 e. The summed E-state index contributed by atoms with van der Waals surface area (Å²) in [6.07, 6.45) is 1.81. The van der Waals surface area contributed by atoms with E-state index in [1.165, 1.54) is 0 Å². The van der Waals surface area contributed by atoms with Crippen molar-refractivity contribution in [2.45, 2.75) is 37.5 Å². The molecule has 3 aromatic rings. The number of likely N-dealkylation sites (tertiary alicyclic amines) is 1. The number of methoxy groups -OCH3 is 1. The van der Waals surface area contributed by atoms with Gasteiger partial charge in [-0.15, -0.1) is 10.2 Å². The highest BCUT2D eigenvalue weighted by molar-refractivity contribution is 9.10. The fourth-order valence-corrected chi connectivity index (χ4v) is 4.73. The number of fused-ring (bicyclic) bond motifs is 1. The molecule has 3 heterocycles. The number of ether oxygens (including phenoxy) is 2. The van der Waals surface area contributed by atoms with Crippen molar-refractivity contribution in [2.24, 2.45) is 0 Å². The van der Waals surface area contributed by atoms with Gasteiger partial charge in [0.1, 0.15) is 17.1 Å². The van der Waals surface area contributed by atoms with Crippen LogP contribution in [0.1, 0.15) is 36.8 Å². The number of hydrogen-bond donors (Lipinski definition) is 1. The van der Waals surface area contributed by atoms with E-state index in [0.717, 1.165) is 53.0 Å². The van der Waals surface area contributed by atoms with Crippen molar-refractivity contribution in [1.29, 1.82) is 0 Å². The molecule has 2 aromatic carbocycles. The molecule has 1 spiro atoms. The van der Waals surface area contributed by atoms with Gasteiger partial charge in [-0.25, -0.2) is 0 Å². The fraction of sp³-hybridized carbons (Fsp3) is 0.391. The van der Waals surface area contributed by atoms with E-state index in [1.54, 1.807) is 7.11 Å². The summed E-state index contributed by atoms with van der Waals surface area (Å²) >= 11 is 3.50. The van der Waals surface area contributed by atoms with Crippen molar-refractivity contribution in [3.63, 3.8) is 0 Å². The highest BCUT2D eigenvalue weighted by Crippen LogP contribution is 2.45. The van der Waals surface area contributed by atoms with Gasteiger partial charge in [0.25, 0.3) is 0 Å². The number of benzene rings is 2. The number of aliphatic hydroxyl groups excluding tert-OH is 1. The first-order valence-corrected chi connectivity index (χ1v) is 11.2. The fourth-order valence-electron chi connectivity index (χ4n) is 4.39. The van der Waals surface area contributed by atoms with Crippen molar-refractivity contribution in [1.82, 2.24) is 15.1 Å². The smallest absolute Gasteiger partial charge is 0.247 e. The normalized spacial score (nSPS) is 20.3. The van der Waals surface area contributed by atoms with E-state index >= 15 is 0 Å². The lowest BCUT2D eigenvalue weighted by atomic mass is 9.81. The van der Waals surface area contributed by atoms with Crippen LogP contribution in [-0.4, -0.2) is 46.0 Å².